The Morgan fingerprint density at radius 2 is 2.12 bits per heavy atom. The van der Waals surface area contributed by atoms with Crippen LogP contribution in [0.15, 0.2) is 23.2 Å². The molecule has 0 spiro atoms. The highest BCUT2D eigenvalue weighted by Gasteiger charge is 2.06. The Labute approximate surface area is 102 Å². The summed E-state index contributed by atoms with van der Waals surface area (Å²) in [6.45, 7) is 2.65. The summed E-state index contributed by atoms with van der Waals surface area (Å²) >= 11 is 1.64. The van der Waals surface area contributed by atoms with Gasteiger partial charge in [-0.1, -0.05) is 0 Å². The van der Waals surface area contributed by atoms with Gasteiger partial charge in [0.15, 0.2) is 0 Å². The van der Waals surface area contributed by atoms with E-state index in [2.05, 4.69) is 20.7 Å². The van der Waals surface area contributed by atoms with Gasteiger partial charge in [-0.05, 0) is 28.8 Å². The van der Waals surface area contributed by atoms with Gasteiger partial charge in [-0.3, -0.25) is 10.1 Å². The lowest BCUT2D eigenvalue weighted by atomic mass is 10.2. The van der Waals surface area contributed by atoms with Crippen molar-refractivity contribution in [1.82, 2.24) is 9.97 Å². The molecule has 1 N–H and O–H groups in total. The lowest BCUT2D eigenvalue weighted by molar-refractivity contribution is -0.385. The molecule has 2 heterocycles. The lowest BCUT2D eigenvalue weighted by Gasteiger charge is -2.03. The molecule has 0 aliphatic heterocycles. The maximum atomic E-state index is 10.4. The fourth-order valence-corrected chi connectivity index (χ4v) is 2.11. The van der Waals surface area contributed by atoms with Crippen molar-refractivity contribution in [3.8, 4) is 0 Å². The molecule has 0 bridgehead atoms. The monoisotopic (exact) mass is 250 g/mol. The molecule has 0 aromatic carbocycles. The third-order valence-corrected chi connectivity index (χ3v) is 3.16. The van der Waals surface area contributed by atoms with Crippen molar-refractivity contribution in [2.45, 2.75) is 13.5 Å². The number of hydrogen-bond donors (Lipinski definition) is 1. The summed E-state index contributed by atoms with van der Waals surface area (Å²) in [5, 5.41) is 17.5. The van der Waals surface area contributed by atoms with Crippen LogP contribution in [-0.4, -0.2) is 14.9 Å². The van der Waals surface area contributed by atoms with Crippen molar-refractivity contribution in [1.29, 1.82) is 0 Å². The van der Waals surface area contributed by atoms with E-state index in [1.165, 1.54) is 23.5 Å². The van der Waals surface area contributed by atoms with Gasteiger partial charge in [0, 0.05) is 6.54 Å². The number of aromatic nitrogens is 2. The Morgan fingerprint density at radius 3 is 2.65 bits per heavy atom. The van der Waals surface area contributed by atoms with Crippen LogP contribution in [0.1, 0.15) is 11.1 Å². The SMILES string of the molecule is Cc1cscc1CNc1ncc([N+](=O)[O-])cn1. The third kappa shape index (κ3) is 2.76. The molecule has 2 rings (SSSR count). The van der Waals surface area contributed by atoms with Crippen molar-refractivity contribution in [3.05, 3.63) is 44.4 Å². The molecular formula is C10H10N4O2S. The summed E-state index contributed by atoms with van der Waals surface area (Å²) in [5.41, 5.74) is 2.28. The Balaban J connectivity index is 2.00. The van der Waals surface area contributed by atoms with Crippen molar-refractivity contribution in [2.75, 3.05) is 5.32 Å². The summed E-state index contributed by atoms with van der Waals surface area (Å²) in [6.07, 6.45) is 2.38. The Bertz CT molecular complexity index is 523. The van der Waals surface area contributed by atoms with Gasteiger partial charge in [0.2, 0.25) is 5.95 Å². The average Bonchev–Trinajstić information content (AvgIpc) is 2.73. The molecule has 0 radical (unpaired) electrons. The smallest absolute Gasteiger partial charge is 0.305 e. The largest absolute Gasteiger partial charge is 0.350 e. The molecule has 0 fully saturated rings. The van der Waals surface area contributed by atoms with Crippen LogP contribution in [0.3, 0.4) is 0 Å². The first-order chi connectivity index (χ1) is 8.16. The predicted octanol–water partition coefficient (Wildman–Crippen LogP) is 2.37. The normalized spacial score (nSPS) is 10.2. The minimum Gasteiger partial charge on any atom is -0.350 e. The van der Waals surface area contributed by atoms with Crippen LogP contribution in [-0.2, 0) is 6.54 Å². The van der Waals surface area contributed by atoms with E-state index in [9.17, 15) is 10.1 Å². The summed E-state index contributed by atoms with van der Waals surface area (Å²) < 4.78 is 0. The van der Waals surface area contributed by atoms with E-state index in [-0.39, 0.29) is 5.69 Å². The molecule has 0 aliphatic carbocycles. The van der Waals surface area contributed by atoms with Gasteiger partial charge in [0.1, 0.15) is 12.4 Å². The highest BCUT2D eigenvalue weighted by Crippen LogP contribution is 2.15. The molecule has 6 nitrogen and oxygen atoms in total. The van der Waals surface area contributed by atoms with E-state index in [4.69, 9.17) is 0 Å². The summed E-state index contributed by atoms with van der Waals surface area (Å²) in [4.78, 5) is 17.6. The van der Waals surface area contributed by atoms with Crippen molar-refractivity contribution in [3.63, 3.8) is 0 Å². The van der Waals surface area contributed by atoms with Crippen molar-refractivity contribution >= 4 is 23.0 Å². The summed E-state index contributed by atoms with van der Waals surface area (Å²) in [7, 11) is 0. The van der Waals surface area contributed by atoms with E-state index in [1.807, 2.05) is 12.3 Å². The highest BCUT2D eigenvalue weighted by atomic mass is 32.1. The number of rotatable bonds is 4. The molecule has 2 aromatic heterocycles. The number of hydrogen-bond acceptors (Lipinski definition) is 6. The minimum absolute atomic E-state index is 0.109. The molecule has 0 unspecified atom stereocenters. The lowest BCUT2D eigenvalue weighted by Crippen LogP contribution is -2.03. The zero-order valence-corrected chi connectivity index (χ0v) is 9.90. The van der Waals surface area contributed by atoms with Gasteiger partial charge in [-0.25, -0.2) is 9.97 Å². The van der Waals surface area contributed by atoms with Crippen LogP contribution >= 0.6 is 11.3 Å². The number of nitrogens with one attached hydrogen (secondary N) is 1. The molecule has 2 aromatic rings. The molecular weight excluding hydrogens is 240 g/mol. The van der Waals surface area contributed by atoms with Gasteiger partial charge in [-0.15, -0.1) is 0 Å². The number of anilines is 1. The van der Waals surface area contributed by atoms with Crippen LogP contribution in [0.4, 0.5) is 11.6 Å². The summed E-state index contributed by atoms with van der Waals surface area (Å²) in [6, 6.07) is 0. The average molecular weight is 250 g/mol. The predicted molar refractivity (Wildman–Crippen MR) is 65.1 cm³/mol. The molecule has 0 amide bonds. The van der Waals surface area contributed by atoms with Gasteiger partial charge >= 0.3 is 5.69 Å². The second-order valence-corrected chi connectivity index (χ2v) is 4.20. The van der Waals surface area contributed by atoms with Gasteiger partial charge in [0.05, 0.1) is 4.92 Å². The molecule has 0 atom stereocenters. The molecule has 0 aliphatic rings. The first kappa shape index (κ1) is 11.5. The second kappa shape index (κ2) is 4.88. The van der Waals surface area contributed by atoms with E-state index in [0.717, 1.165) is 0 Å². The number of thiophene rings is 1. The Kier molecular flexibility index (Phi) is 3.29. The second-order valence-electron chi connectivity index (χ2n) is 3.46. The maximum Gasteiger partial charge on any atom is 0.305 e. The Morgan fingerprint density at radius 1 is 1.41 bits per heavy atom. The topological polar surface area (TPSA) is 81.0 Å². The zero-order chi connectivity index (χ0) is 12.3. The molecule has 0 saturated carbocycles. The molecule has 0 saturated heterocycles. The van der Waals surface area contributed by atoms with Crippen LogP contribution in [0.25, 0.3) is 0 Å². The number of nitro groups is 1. The van der Waals surface area contributed by atoms with E-state index in [1.54, 1.807) is 11.3 Å². The quantitative estimate of drug-likeness (QED) is 0.665. The van der Waals surface area contributed by atoms with Crippen molar-refractivity contribution < 1.29 is 4.92 Å². The van der Waals surface area contributed by atoms with Gasteiger partial charge in [-0.2, -0.15) is 11.3 Å². The van der Waals surface area contributed by atoms with E-state index < -0.39 is 4.92 Å². The standard InChI is InChI=1S/C10H10N4O2S/c1-7-5-17-6-8(7)2-11-10-12-3-9(4-13-10)14(15)16/h3-6H,2H2,1H3,(H,11,12,13). The first-order valence-corrected chi connectivity index (χ1v) is 5.83. The zero-order valence-electron chi connectivity index (χ0n) is 9.08. The molecule has 17 heavy (non-hydrogen) atoms. The summed E-state index contributed by atoms with van der Waals surface area (Å²) in [5.74, 6) is 0.390. The number of aryl methyl sites for hydroxylation is 1. The highest BCUT2D eigenvalue weighted by molar-refractivity contribution is 7.08. The Hall–Kier alpha value is -2.02. The van der Waals surface area contributed by atoms with E-state index >= 15 is 0 Å². The van der Waals surface area contributed by atoms with Crippen molar-refractivity contribution in [2.24, 2.45) is 0 Å². The van der Waals surface area contributed by atoms with Gasteiger partial charge in [0.25, 0.3) is 0 Å². The van der Waals surface area contributed by atoms with Crippen LogP contribution in [0.5, 0.6) is 0 Å². The molecule has 88 valence electrons. The fourth-order valence-electron chi connectivity index (χ4n) is 1.25. The third-order valence-electron chi connectivity index (χ3n) is 2.25. The van der Waals surface area contributed by atoms with E-state index in [0.29, 0.717) is 12.5 Å². The number of nitrogens with zero attached hydrogens (tertiary/aromatic N) is 3. The van der Waals surface area contributed by atoms with Crippen LogP contribution in [0, 0.1) is 17.0 Å². The molecule has 7 heteroatoms. The minimum atomic E-state index is -0.521. The maximum absolute atomic E-state index is 10.4. The van der Waals surface area contributed by atoms with Crippen LogP contribution < -0.4 is 5.32 Å². The van der Waals surface area contributed by atoms with Gasteiger partial charge < -0.3 is 5.32 Å². The van der Waals surface area contributed by atoms with Crippen LogP contribution in [0.2, 0.25) is 0 Å². The fraction of sp³-hybridized carbons (Fsp3) is 0.200. The first-order valence-electron chi connectivity index (χ1n) is 4.89.